The van der Waals surface area contributed by atoms with Gasteiger partial charge in [0.05, 0.1) is 11.2 Å². The molecular weight excluding hydrogens is 227 g/mol. The average molecular weight is 248 g/mol. The maximum absolute atomic E-state index is 6.04. The van der Waals surface area contributed by atoms with E-state index in [1.807, 2.05) is 40.7 Å². The molecule has 0 bridgehead atoms. The third-order valence-corrected chi connectivity index (χ3v) is 3.88. The van der Waals surface area contributed by atoms with Gasteiger partial charge in [-0.2, -0.15) is 0 Å². The highest BCUT2D eigenvalue weighted by atomic mass is 16.7. The maximum atomic E-state index is 6.04. The Balaban J connectivity index is 2.35. The number of hydrogen-bond acceptors (Lipinski definition) is 4. The van der Waals surface area contributed by atoms with Crippen LogP contribution >= 0.6 is 0 Å². The highest BCUT2D eigenvalue weighted by Crippen LogP contribution is 2.36. The fourth-order valence-corrected chi connectivity index (χ4v) is 1.98. The Kier molecular flexibility index (Phi) is 3.26. The maximum Gasteiger partial charge on any atom is 0.495 e. The summed E-state index contributed by atoms with van der Waals surface area (Å²) < 4.78 is 12.1. The van der Waals surface area contributed by atoms with E-state index in [4.69, 9.17) is 15.0 Å². The molecule has 98 valence electrons. The minimum absolute atomic E-state index is 0.0901. The molecule has 1 unspecified atom stereocenters. The Hall–Kier alpha value is -0.905. The Morgan fingerprint density at radius 3 is 2.28 bits per heavy atom. The van der Waals surface area contributed by atoms with Gasteiger partial charge in [-0.05, 0) is 51.7 Å². The lowest BCUT2D eigenvalue weighted by molar-refractivity contribution is 0.00578. The zero-order valence-corrected chi connectivity index (χ0v) is 11.7. The van der Waals surface area contributed by atoms with E-state index in [1.54, 1.807) is 12.4 Å². The molecule has 2 rings (SSSR count). The van der Waals surface area contributed by atoms with Crippen LogP contribution in [0.2, 0.25) is 0 Å². The third kappa shape index (κ3) is 2.18. The normalized spacial score (nSPS) is 23.1. The SMILES string of the molecule is CC(N)c1cnccc1B1OC(C)(C)C(C)(C)O1. The highest BCUT2D eigenvalue weighted by Gasteiger charge is 2.52. The molecule has 1 saturated heterocycles. The highest BCUT2D eigenvalue weighted by molar-refractivity contribution is 6.62. The van der Waals surface area contributed by atoms with Crippen LogP contribution < -0.4 is 11.2 Å². The zero-order chi connectivity index (χ0) is 13.6. The number of pyridine rings is 1. The van der Waals surface area contributed by atoms with E-state index in [0.717, 1.165) is 11.0 Å². The molecule has 1 aliphatic rings. The Morgan fingerprint density at radius 1 is 1.22 bits per heavy atom. The second kappa shape index (κ2) is 4.33. The van der Waals surface area contributed by atoms with Gasteiger partial charge in [0.2, 0.25) is 0 Å². The summed E-state index contributed by atoms with van der Waals surface area (Å²) in [5.41, 5.74) is 7.23. The van der Waals surface area contributed by atoms with Gasteiger partial charge < -0.3 is 15.0 Å². The summed E-state index contributed by atoms with van der Waals surface area (Å²) >= 11 is 0. The molecule has 0 spiro atoms. The fraction of sp³-hybridized carbons (Fsp3) is 0.615. The molecule has 18 heavy (non-hydrogen) atoms. The van der Waals surface area contributed by atoms with E-state index < -0.39 is 0 Å². The number of rotatable bonds is 2. The number of aromatic nitrogens is 1. The minimum Gasteiger partial charge on any atom is -0.399 e. The summed E-state index contributed by atoms with van der Waals surface area (Å²) in [5, 5.41) is 0. The molecule has 1 aromatic heterocycles. The van der Waals surface area contributed by atoms with Crippen molar-refractivity contribution in [3.05, 3.63) is 24.0 Å². The lowest BCUT2D eigenvalue weighted by Crippen LogP contribution is -2.41. The fourth-order valence-electron chi connectivity index (χ4n) is 1.98. The van der Waals surface area contributed by atoms with Crippen molar-refractivity contribution in [3.8, 4) is 0 Å². The van der Waals surface area contributed by atoms with Crippen LogP contribution in [0.3, 0.4) is 0 Å². The van der Waals surface area contributed by atoms with Crippen LogP contribution in [0.4, 0.5) is 0 Å². The van der Waals surface area contributed by atoms with E-state index in [1.165, 1.54) is 0 Å². The van der Waals surface area contributed by atoms with Gasteiger partial charge in [0, 0.05) is 18.4 Å². The smallest absolute Gasteiger partial charge is 0.399 e. The van der Waals surface area contributed by atoms with E-state index >= 15 is 0 Å². The molecule has 0 radical (unpaired) electrons. The second-order valence-corrected chi connectivity index (χ2v) is 5.88. The first-order valence-corrected chi connectivity index (χ1v) is 6.29. The van der Waals surface area contributed by atoms with Crippen molar-refractivity contribution in [2.24, 2.45) is 5.73 Å². The van der Waals surface area contributed by atoms with Crippen LogP contribution in [0.25, 0.3) is 0 Å². The molecule has 2 heterocycles. The Bertz CT molecular complexity index is 430. The summed E-state index contributed by atoms with van der Waals surface area (Å²) in [6, 6.07) is 1.83. The Labute approximate surface area is 109 Å². The van der Waals surface area contributed by atoms with E-state index in [9.17, 15) is 0 Å². The lowest BCUT2D eigenvalue weighted by atomic mass is 9.75. The topological polar surface area (TPSA) is 57.4 Å². The van der Waals surface area contributed by atoms with Gasteiger partial charge in [-0.15, -0.1) is 0 Å². The molecule has 0 amide bonds. The lowest BCUT2D eigenvalue weighted by Gasteiger charge is -2.32. The predicted molar refractivity (Wildman–Crippen MR) is 72.6 cm³/mol. The van der Waals surface area contributed by atoms with Crippen molar-refractivity contribution in [1.29, 1.82) is 0 Å². The first kappa shape index (κ1) is 13.5. The van der Waals surface area contributed by atoms with Crippen molar-refractivity contribution in [2.45, 2.75) is 51.9 Å². The second-order valence-electron chi connectivity index (χ2n) is 5.88. The zero-order valence-electron chi connectivity index (χ0n) is 11.7. The van der Waals surface area contributed by atoms with Gasteiger partial charge in [0.1, 0.15) is 0 Å². The minimum atomic E-state index is -0.376. The van der Waals surface area contributed by atoms with E-state index in [2.05, 4.69) is 4.98 Å². The molecule has 5 heteroatoms. The van der Waals surface area contributed by atoms with Crippen molar-refractivity contribution in [2.75, 3.05) is 0 Å². The predicted octanol–water partition coefficient (Wildman–Crippen LogP) is 1.40. The van der Waals surface area contributed by atoms with Crippen LogP contribution in [-0.4, -0.2) is 23.3 Å². The quantitative estimate of drug-likeness (QED) is 0.804. The third-order valence-electron chi connectivity index (χ3n) is 3.88. The van der Waals surface area contributed by atoms with Crippen LogP contribution in [0.5, 0.6) is 0 Å². The van der Waals surface area contributed by atoms with Crippen LogP contribution in [-0.2, 0) is 9.31 Å². The largest absolute Gasteiger partial charge is 0.495 e. The molecule has 0 aliphatic carbocycles. The van der Waals surface area contributed by atoms with Gasteiger partial charge in [-0.3, -0.25) is 4.98 Å². The van der Waals surface area contributed by atoms with E-state index in [-0.39, 0.29) is 24.4 Å². The van der Waals surface area contributed by atoms with Crippen molar-refractivity contribution in [1.82, 2.24) is 4.98 Å². The van der Waals surface area contributed by atoms with Gasteiger partial charge in [0.25, 0.3) is 0 Å². The van der Waals surface area contributed by atoms with Gasteiger partial charge in [0.15, 0.2) is 0 Å². The number of hydrogen-bond donors (Lipinski definition) is 1. The number of nitrogens with zero attached hydrogens (tertiary/aromatic N) is 1. The molecule has 4 nitrogen and oxygen atoms in total. The molecular formula is C13H21BN2O2. The van der Waals surface area contributed by atoms with Crippen LogP contribution in [0, 0.1) is 0 Å². The first-order valence-electron chi connectivity index (χ1n) is 6.29. The van der Waals surface area contributed by atoms with Crippen molar-refractivity contribution < 1.29 is 9.31 Å². The molecule has 1 fully saturated rings. The van der Waals surface area contributed by atoms with E-state index in [0.29, 0.717) is 0 Å². The first-order chi connectivity index (χ1) is 8.24. The van der Waals surface area contributed by atoms with Crippen molar-refractivity contribution >= 4 is 12.6 Å². The number of nitrogens with two attached hydrogens (primary N) is 1. The summed E-state index contributed by atoms with van der Waals surface area (Å²) in [7, 11) is -0.376. The molecule has 1 aromatic rings. The molecule has 0 aromatic carbocycles. The van der Waals surface area contributed by atoms with Gasteiger partial charge >= 0.3 is 7.12 Å². The summed E-state index contributed by atoms with van der Waals surface area (Å²) in [6.07, 6.45) is 3.53. The van der Waals surface area contributed by atoms with Crippen LogP contribution in [0.15, 0.2) is 18.5 Å². The summed E-state index contributed by atoms with van der Waals surface area (Å²) in [5.74, 6) is 0. The summed E-state index contributed by atoms with van der Waals surface area (Å²) in [4.78, 5) is 4.12. The van der Waals surface area contributed by atoms with Crippen molar-refractivity contribution in [3.63, 3.8) is 0 Å². The molecule has 1 aliphatic heterocycles. The standard InChI is InChI=1S/C13H21BN2O2/c1-9(15)10-8-16-7-6-11(10)14-17-12(2,3)13(4,5)18-14/h6-9H,15H2,1-5H3. The van der Waals surface area contributed by atoms with Crippen LogP contribution in [0.1, 0.15) is 46.2 Å². The van der Waals surface area contributed by atoms with Gasteiger partial charge in [-0.1, -0.05) is 0 Å². The average Bonchev–Trinajstić information content (AvgIpc) is 2.48. The molecule has 0 saturated carbocycles. The monoisotopic (exact) mass is 248 g/mol. The summed E-state index contributed by atoms with van der Waals surface area (Å²) in [6.45, 7) is 10.1. The molecule has 1 atom stereocenters. The molecule has 2 N–H and O–H groups in total. The Morgan fingerprint density at radius 2 is 1.78 bits per heavy atom. The van der Waals surface area contributed by atoms with Gasteiger partial charge in [-0.25, -0.2) is 0 Å².